The second-order valence-electron chi connectivity index (χ2n) is 6.37. The van der Waals surface area contributed by atoms with Gasteiger partial charge in [-0.05, 0) is 5.92 Å². The highest BCUT2D eigenvalue weighted by molar-refractivity contribution is 6.03. The number of amides is 2. The number of nitrogens with zero attached hydrogens (tertiary/aromatic N) is 1. The minimum absolute atomic E-state index is 0.0263. The molecule has 1 aliphatic rings. The van der Waals surface area contributed by atoms with Crippen molar-refractivity contribution in [2.24, 2.45) is 17.8 Å². The van der Waals surface area contributed by atoms with Crippen LogP contribution in [0.1, 0.15) is 40.5 Å². The molecule has 0 saturated carbocycles. The monoisotopic (exact) mass is 327 g/mol. The van der Waals surface area contributed by atoms with Crippen molar-refractivity contribution in [3.63, 3.8) is 0 Å². The maximum absolute atomic E-state index is 12.2. The summed E-state index contributed by atoms with van der Waals surface area (Å²) in [5.74, 6) is -0.104. The molecule has 0 aromatic heterocycles. The van der Waals surface area contributed by atoms with Crippen LogP contribution in [0.15, 0.2) is 0 Å². The largest absolute Gasteiger partial charge is 0.377 e. The summed E-state index contributed by atoms with van der Waals surface area (Å²) in [5.41, 5.74) is 0. The molecule has 2 atom stereocenters. The third-order valence-corrected chi connectivity index (χ3v) is 4.33. The van der Waals surface area contributed by atoms with Crippen molar-refractivity contribution >= 4 is 17.6 Å². The van der Waals surface area contributed by atoms with Crippen LogP contribution in [0.4, 0.5) is 0 Å². The molecule has 0 aromatic rings. The van der Waals surface area contributed by atoms with Crippen molar-refractivity contribution in [1.29, 1.82) is 0 Å². The van der Waals surface area contributed by atoms with E-state index in [1.54, 1.807) is 0 Å². The summed E-state index contributed by atoms with van der Waals surface area (Å²) >= 11 is 0. The van der Waals surface area contributed by atoms with Crippen molar-refractivity contribution < 1.29 is 23.9 Å². The van der Waals surface area contributed by atoms with Crippen LogP contribution in [-0.4, -0.2) is 55.5 Å². The summed E-state index contributed by atoms with van der Waals surface area (Å²) in [4.78, 5) is 36.8. The van der Waals surface area contributed by atoms with Gasteiger partial charge >= 0.3 is 0 Å². The molecule has 132 valence electrons. The van der Waals surface area contributed by atoms with Crippen molar-refractivity contribution in [3.05, 3.63) is 0 Å². The highest BCUT2D eigenvalue weighted by Crippen LogP contribution is 2.28. The maximum Gasteiger partial charge on any atom is 0.233 e. The number of carbonyl (C=O) groups excluding carboxylic acids is 3. The number of hydrogen-bond acceptors (Lipinski definition) is 5. The Labute approximate surface area is 138 Å². The number of hydrogen-bond donors (Lipinski definition) is 0. The third-order valence-electron chi connectivity index (χ3n) is 4.33. The van der Waals surface area contributed by atoms with E-state index >= 15 is 0 Å². The van der Waals surface area contributed by atoms with Gasteiger partial charge in [0.25, 0.3) is 0 Å². The highest BCUT2D eigenvalue weighted by atomic mass is 16.5. The quantitative estimate of drug-likeness (QED) is 0.426. The lowest BCUT2D eigenvalue weighted by Crippen LogP contribution is -2.35. The Morgan fingerprint density at radius 1 is 1.17 bits per heavy atom. The average molecular weight is 327 g/mol. The molecule has 6 nitrogen and oxygen atoms in total. The van der Waals surface area contributed by atoms with E-state index in [1.165, 1.54) is 4.90 Å². The van der Waals surface area contributed by atoms with Crippen molar-refractivity contribution in [3.8, 4) is 0 Å². The van der Waals surface area contributed by atoms with Gasteiger partial charge in [0.05, 0.1) is 26.4 Å². The molecule has 23 heavy (non-hydrogen) atoms. The van der Waals surface area contributed by atoms with E-state index in [0.29, 0.717) is 26.2 Å². The first-order chi connectivity index (χ1) is 10.9. The first-order valence-electron chi connectivity index (χ1n) is 8.40. The number of ether oxygens (including phenoxy) is 2. The fourth-order valence-corrected chi connectivity index (χ4v) is 2.39. The maximum atomic E-state index is 12.2. The zero-order chi connectivity index (χ0) is 17.4. The van der Waals surface area contributed by atoms with Crippen LogP contribution in [0, 0.1) is 17.8 Å². The van der Waals surface area contributed by atoms with Gasteiger partial charge in [-0.2, -0.15) is 0 Å². The molecule has 2 unspecified atom stereocenters. The van der Waals surface area contributed by atoms with Gasteiger partial charge in [-0.25, -0.2) is 0 Å². The molecule has 1 saturated heterocycles. The Hall–Kier alpha value is -1.27. The lowest BCUT2D eigenvalue weighted by molar-refractivity contribution is -0.141. The zero-order valence-electron chi connectivity index (χ0n) is 14.7. The lowest BCUT2D eigenvalue weighted by Gasteiger charge is -2.17. The number of imide groups is 1. The molecule has 6 heteroatoms. The molecule has 1 aliphatic heterocycles. The summed E-state index contributed by atoms with van der Waals surface area (Å²) < 4.78 is 10.6. The molecule has 1 rings (SSSR count). The van der Waals surface area contributed by atoms with E-state index in [2.05, 4.69) is 0 Å². The topological polar surface area (TPSA) is 72.9 Å². The minimum Gasteiger partial charge on any atom is -0.377 e. The van der Waals surface area contributed by atoms with Crippen LogP contribution in [-0.2, 0) is 23.9 Å². The van der Waals surface area contributed by atoms with E-state index < -0.39 is 0 Å². The van der Waals surface area contributed by atoms with Crippen LogP contribution in [0.25, 0.3) is 0 Å². The molecule has 0 bridgehead atoms. The standard InChI is InChI=1S/C17H29NO5/c1-5-13(4)14-10-16(20)18(17(14)21)6-7-22-8-9-23-11-15(19)12(2)3/h12-14H,5-11H2,1-4H3. The van der Waals surface area contributed by atoms with Gasteiger partial charge in [-0.15, -0.1) is 0 Å². The van der Waals surface area contributed by atoms with Crippen molar-refractivity contribution in [2.45, 2.75) is 40.5 Å². The molecular formula is C17H29NO5. The molecule has 0 spiro atoms. The van der Waals surface area contributed by atoms with Gasteiger partial charge < -0.3 is 9.47 Å². The molecule has 0 aliphatic carbocycles. The van der Waals surface area contributed by atoms with Crippen LogP contribution in [0.5, 0.6) is 0 Å². The van der Waals surface area contributed by atoms with Gasteiger partial charge in [0.15, 0.2) is 5.78 Å². The molecule has 0 aromatic carbocycles. The number of carbonyl (C=O) groups is 3. The Morgan fingerprint density at radius 3 is 2.43 bits per heavy atom. The lowest BCUT2D eigenvalue weighted by atomic mass is 9.90. The molecule has 1 fully saturated rings. The molecule has 0 radical (unpaired) electrons. The molecule has 1 heterocycles. The predicted molar refractivity (Wildman–Crippen MR) is 85.8 cm³/mol. The van der Waals surface area contributed by atoms with Gasteiger partial charge in [0.1, 0.15) is 6.61 Å². The zero-order valence-corrected chi connectivity index (χ0v) is 14.7. The van der Waals surface area contributed by atoms with Gasteiger partial charge in [0.2, 0.25) is 11.8 Å². The van der Waals surface area contributed by atoms with E-state index in [9.17, 15) is 14.4 Å². The van der Waals surface area contributed by atoms with E-state index in [1.807, 2.05) is 27.7 Å². The summed E-state index contributed by atoms with van der Waals surface area (Å²) in [5, 5.41) is 0. The van der Waals surface area contributed by atoms with Gasteiger partial charge in [-0.1, -0.05) is 34.1 Å². The van der Waals surface area contributed by atoms with Gasteiger partial charge in [-0.3, -0.25) is 19.3 Å². The molecule has 0 N–H and O–H groups in total. The number of rotatable bonds is 11. The Bertz CT molecular complexity index is 421. The summed E-state index contributed by atoms with van der Waals surface area (Å²) in [6.45, 7) is 9.05. The van der Waals surface area contributed by atoms with Crippen LogP contribution < -0.4 is 0 Å². The minimum atomic E-state index is -0.183. The van der Waals surface area contributed by atoms with E-state index in [4.69, 9.17) is 9.47 Å². The van der Waals surface area contributed by atoms with Crippen molar-refractivity contribution in [1.82, 2.24) is 4.90 Å². The smallest absolute Gasteiger partial charge is 0.233 e. The van der Waals surface area contributed by atoms with Gasteiger partial charge in [0, 0.05) is 18.3 Å². The highest BCUT2D eigenvalue weighted by Gasteiger charge is 2.40. The predicted octanol–water partition coefficient (Wildman–Crippen LogP) is 1.67. The van der Waals surface area contributed by atoms with Crippen LogP contribution >= 0.6 is 0 Å². The fraction of sp³-hybridized carbons (Fsp3) is 0.824. The second kappa shape index (κ2) is 9.78. The Morgan fingerprint density at radius 2 is 1.83 bits per heavy atom. The SMILES string of the molecule is CCC(C)C1CC(=O)N(CCOCCOCC(=O)C(C)C)C1=O. The fourth-order valence-electron chi connectivity index (χ4n) is 2.39. The normalized spacial score (nSPS) is 19.7. The summed E-state index contributed by atoms with van der Waals surface area (Å²) in [6.07, 6.45) is 1.20. The first kappa shape index (κ1) is 19.8. The Balaban J connectivity index is 2.17. The number of Topliss-reactive ketones (excluding diaryl/α,β-unsaturated/α-hetero) is 1. The number of ketones is 1. The first-order valence-corrected chi connectivity index (χ1v) is 8.40. The molecular weight excluding hydrogens is 298 g/mol. The molecule has 2 amide bonds. The summed E-state index contributed by atoms with van der Waals surface area (Å²) in [7, 11) is 0. The van der Waals surface area contributed by atoms with Crippen molar-refractivity contribution in [2.75, 3.05) is 33.0 Å². The van der Waals surface area contributed by atoms with E-state index in [0.717, 1.165) is 6.42 Å². The number of likely N-dealkylation sites (tertiary alicyclic amines) is 1. The third kappa shape index (κ3) is 6.03. The Kier molecular flexibility index (Phi) is 8.41. The van der Waals surface area contributed by atoms with E-state index in [-0.39, 0.29) is 48.5 Å². The average Bonchev–Trinajstić information content (AvgIpc) is 2.80. The van der Waals surface area contributed by atoms with Crippen LogP contribution in [0.3, 0.4) is 0 Å². The van der Waals surface area contributed by atoms with Crippen LogP contribution in [0.2, 0.25) is 0 Å². The summed E-state index contributed by atoms with van der Waals surface area (Å²) in [6, 6.07) is 0. The second-order valence-corrected chi connectivity index (χ2v) is 6.37.